The van der Waals surface area contributed by atoms with E-state index in [1.165, 1.54) is 11.1 Å². The molecule has 0 saturated heterocycles. The summed E-state index contributed by atoms with van der Waals surface area (Å²) in [6, 6.07) is 0. The fourth-order valence-electron chi connectivity index (χ4n) is 1.78. The van der Waals surface area contributed by atoms with Crippen molar-refractivity contribution in [2.24, 2.45) is 5.92 Å². The van der Waals surface area contributed by atoms with Crippen LogP contribution in [0.3, 0.4) is 0 Å². The third-order valence-electron chi connectivity index (χ3n) is 2.83. The average Bonchev–Trinajstić information content (AvgIpc) is 2.08. The maximum atomic E-state index is 11.6. The molecule has 14 heavy (non-hydrogen) atoms. The Labute approximate surface area is 86.3 Å². The highest BCUT2D eigenvalue weighted by Crippen LogP contribution is 2.29. The lowest BCUT2D eigenvalue weighted by Crippen LogP contribution is -2.23. The van der Waals surface area contributed by atoms with E-state index in [1.54, 1.807) is 0 Å². The largest absolute Gasteiger partial charge is 0.463 e. The highest BCUT2D eigenvalue weighted by atomic mass is 16.5. The van der Waals surface area contributed by atoms with Crippen molar-refractivity contribution >= 4 is 5.97 Å². The van der Waals surface area contributed by atoms with Crippen LogP contribution in [-0.2, 0) is 9.53 Å². The number of esters is 1. The van der Waals surface area contributed by atoms with Gasteiger partial charge >= 0.3 is 5.97 Å². The van der Waals surface area contributed by atoms with Crippen LogP contribution in [0.15, 0.2) is 11.1 Å². The lowest BCUT2D eigenvalue weighted by Gasteiger charge is -2.23. The molecule has 80 valence electrons. The van der Waals surface area contributed by atoms with Gasteiger partial charge in [0.2, 0.25) is 0 Å². The minimum atomic E-state index is -0.0214. The minimum Gasteiger partial charge on any atom is -0.463 e. The summed E-state index contributed by atoms with van der Waals surface area (Å²) in [5.74, 6) is 0.0768. The molecule has 0 aromatic heterocycles. The SMILES string of the molecule is CC1=C(C)CC(C(=O)OC(C)C)CC1. The maximum absolute atomic E-state index is 11.6. The third kappa shape index (κ3) is 2.86. The van der Waals surface area contributed by atoms with E-state index in [9.17, 15) is 4.79 Å². The number of ether oxygens (including phenoxy) is 1. The zero-order valence-corrected chi connectivity index (χ0v) is 9.59. The second-order valence-corrected chi connectivity index (χ2v) is 4.49. The molecule has 2 nitrogen and oxygen atoms in total. The fraction of sp³-hybridized carbons (Fsp3) is 0.750. The minimum absolute atomic E-state index is 0.00908. The number of rotatable bonds is 2. The first-order valence-electron chi connectivity index (χ1n) is 5.36. The second kappa shape index (κ2) is 4.63. The van der Waals surface area contributed by atoms with Crippen molar-refractivity contribution in [3.63, 3.8) is 0 Å². The van der Waals surface area contributed by atoms with Gasteiger partial charge in [-0.15, -0.1) is 0 Å². The fourth-order valence-corrected chi connectivity index (χ4v) is 1.78. The molecule has 2 heteroatoms. The zero-order valence-electron chi connectivity index (χ0n) is 9.59. The van der Waals surface area contributed by atoms with Crippen molar-refractivity contribution in [2.75, 3.05) is 0 Å². The Morgan fingerprint density at radius 3 is 2.50 bits per heavy atom. The highest BCUT2D eigenvalue weighted by molar-refractivity contribution is 5.73. The number of hydrogen-bond acceptors (Lipinski definition) is 2. The molecule has 0 bridgehead atoms. The van der Waals surface area contributed by atoms with Gasteiger partial charge in [0, 0.05) is 0 Å². The van der Waals surface area contributed by atoms with Gasteiger partial charge in [-0.1, -0.05) is 11.1 Å². The van der Waals surface area contributed by atoms with E-state index >= 15 is 0 Å². The molecule has 0 fully saturated rings. The summed E-state index contributed by atoms with van der Waals surface area (Å²) in [6.07, 6.45) is 2.89. The van der Waals surface area contributed by atoms with Crippen molar-refractivity contribution in [1.29, 1.82) is 0 Å². The van der Waals surface area contributed by atoms with E-state index in [2.05, 4.69) is 13.8 Å². The monoisotopic (exact) mass is 196 g/mol. The highest BCUT2D eigenvalue weighted by Gasteiger charge is 2.24. The van der Waals surface area contributed by atoms with E-state index in [4.69, 9.17) is 4.74 Å². The van der Waals surface area contributed by atoms with Crippen LogP contribution in [0.4, 0.5) is 0 Å². The molecule has 1 aliphatic rings. The van der Waals surface area contributed by atoms with E-state index in [0.29, 0.717) is 0 Å². The molecule has 0 aromatic carbocycles. The summed E-state index contributed by atoms with van der Waals surface area (Å²) in [5, 5.41) is 0. The Balaban J connectivity index is 2.53. The summed E-state index contributed by atoms with van der Waals surface area (Å²) in [5.41, 5.74) is 2.81. The van der Waals surface area contributed by atoms with Gasteiger partial charge in [-0.25, -0.2) is 0 Å². The molecule has 0 aromatic rings. The molecule has 0 saturated carbocycles. The van der Waals surface area contributed by atoms with Crippen molar-refractivity contribution in [3.8, 4) is 0 Å². The maximum Gasteiger partial charge on any atom is 0.309 e. The molecule has 0 amide bonds. The molecule has 0 radical (unpaired) electrons. The first-order valence-corrected chi connectivity index (χ1v) is 5.36. The van der Waals surface area contributed by atoms with Gasteiger partial charge in [-0.3, -0.25) is 4.79 Å². The standard InChI is InChI=1S/C12H20O2/c1-8(2)14-12(13)11-6-5-9(3)10(4)7-11/h8,11H,5-7H2,1-4H3. The Bertz CT molecular complexity index is 251. The quantitative estimate of drug-likeness (QED) is 0.501. The average molecular weight is 196 g/mol. The van der Waals surface area contributed by atoms with Gasteiger partial charge in [0.1, 0.15) is 0 Å². The Hall–Kier alpha value is -0.790. The number of carbonyl (C=O) groups excluding carboxylic acids is 1. The van der Waals surface area contributed by atoms with E-state index in [1.807, 2.05) is 13.8 Å². The van der Waals surface area contributed by atoms with E-state index in [0.717, 1.165) is 19.3 Å². The Kier molecular flexibility index (Phi) is 3.73. The molecular weight excluding hydrogens is 176 g/mol. The van der Waals surface area contributed by atoms with Gasteiger partial charge in [0.25, 0.3) is 0 Å². The van der Waals surface area contributed by atoms with Crippen LogP contribution in [0.2, 0.25) is 0 Å². The number of hydrogen-bond donors (Lipinski definition) is 0. The Morgan fingerprint density at radius 1 is 1.36 bits per heavy atom. The van der Waals surface area contributed by atoms with Gasteiger partial charge < -0.3 is 4.74 Å². The molecule has 0 heterocycles. The molecule has 1 unspecified atom stereocenters. The molecule has 1 aliphatic carbocycles. The molecule has 1 atom stereocenters. The van der Waals surface area contributed by atoms with Crippen LogP contribution in [0.5, 0.6) is 0 Å². The van der Waals surface area contributed by atoms with Gasteiger partial charge in [0.15, 0.2) is 0 Å². The zero-order chi connectivity index (χ0) is 10.7. The molecule has 0 aliphatic heterocycles. The predicted octanol–water partition coefficient (Wildman–Crippen LogP) is 3.07. The first-order chi connectivity index (χ1) is 6.50. The lowest BCUT2D eigenvalue weighted by molar-refractivity contribution is -0.152. The summed E-state index contributed by atoms with van der Waals surface area (Å²) in [4.78, 5) is 11.6. The van der Waals surface area contributed by atoms with E-state index < -0.39 is 0 Å². The lowest BCUT2D eigenvalue weighted by atomic mass is 9.85. The van der Waals surface area contributed by atoms with E-state index in [-0.39, 0.29) is 18.0 Å². The van der Waals surface area contributed by atoms with Crippen LogP contribution in [0.1, 0.15) is 47.0 Å². The smallest absolute Gasteiger partial charge is 0.309 e. The van der Waals surface area contributed by atoms with Crippen molar-refractivity contribution < 1.29 is 9.53 Å². The van der Waals surface area contributed by atoms with Crippen molar-refractivity contribution in [3.05, 3.63) is 11.1 Å². The summed E-state index contributed by atoms with van der Waals surface area (Å²) >= 11 is 0. The topological polar surface area (TPSA) is 26.3 Å². The van der Waals surface area contributed by atoms with Crippen LogP contribution in [0.25, 0.3) is 0 Å². The predicted molar refractivity (Wildman–Crippen MR) is 56.9 cm³/mol. The number of allylic oxidation sites excluding steroid dienone is 2. The summed E-state index contributed by atoms with van der Waals surface area (Å²) in [6.45, 7) is 8.06. The molecule has 1 rings (SSSR count). The number of carbonyl (C=O) groups is 1. The summed E-state index contributed by atoms with van der Waals surface area (Å²) < 4.78 is 5.21. The van der Waals surface area contributed by atoms with Crippen LogP contribution < -0.4 is 0 Å². The van der Waals surface area contributed by atoms with Crippen molar-refractivity contribution in [1.82, 2.24) is 0 Å². The Morgan fingerprint density at radius 2 is 2.00 bits per heavy atom. The first kappa shape index (κ1) is 11.3. The summed E-state index contributed by atoms with van der Waals surface area (Å²) in [7, 11) is 0. The van der Waals surface area contributed by atoms with Gasteiger partial charge in [-0.05, 0) is 47.0 Å². The van der Waals surface area contributed by atoms with Crippen molar-refractivity contribution in [2.45, 2.75) is 53.1 Å². The van der Waals surface area contributed by atoms with Crippen LogP contribution in [0, 0.1) is 5.92 Å². The van der Waals surface area contributed by atoms with Gasteiger partial charge in [0.05, 0.1) is 12.0 Å². The molecule has 0 spiro atoms. The third-order valence-corrected chi connectivity index (χ3v) is 2.83. The van der Waals surface area contributed by atoms with Crippen LogP contribution in [-0.4, -0.2) is 12.1 Å². The molecular formula is C12H20O2. The molecule has 0 N–H and O–H groups in total. The normalized spacial score (nSPS) is 22.8. The second-order valence-electron chi connectivity index (χ2n) is 4.49. The van der Waals surface area contributed by atoms with Crippen LogP contribution >= 0.6 is 0 Å². The van der Waals surface area contributed by atoms with Gasteiger partial charge in [-0.2, -0.15) is 0 Å².